The Bertz CT molecular complexity index is 452. The van der Waals surface area contributed by atoms with Crippen LogP contribution in [0.4, 0.5) is 26.3 Å². The van der Waals surface area contributed by atoms with Crippen LogP contribution in [0.3, 0.4) is 0 Å². The molecule has 0 heterocycles. The minimum absolute atomic E-state index is 0.215. The predicted octanol–water partition coefficient (Wildman–Crippen LogP) is 3.68. The molecule has 0 atom stereocenters. The van der Waals surface area contributed by atoms with Gasteiger partial charge >= 0.3 is 18.3 Å². The van der Waals surface area contributed by atoms with Crippen molar-refractivity contribution in [2.45, 2.75) is 62.6 Å². The van der Waals surface area contributed by atoms with Crippen LogP contribution in [0.2, 0.25) is 0 Å². The van der Waals surface area contributed by atoms with Crippen LogP contribution in [0, 0.1) is 0 Å². The molecule has 0 aromatic rings. The number of aliphatic hydroxyl groups is 1. The van der Waals surface area contributed by atoms with Gasteiger partial charge in [0.05, 0.1) is 18.8 Å². The lowest BCUT2D eigenvalue weighted by Gasteiger charge is -2.32. The zero-order valence-electron chi connectivity index (χ0n) is 13.4. The molecule has 0 unspecified atom stereocenters. The van der Waals surface area contributed by atoms with Crippen LogP contribution < -0.4 is 0 Å². The van der Waals surface area contributed by atoms with Crippen molar-refractivity contribution >= 4 is 5.97 Å². The monoisotopic (exact) mass is 378 g/mol. The molecule has 25 heavy (non-hydrogen) atoms. The maximum atomic E-state index is 12.5. The van der Waals surface area contributed by atoms with Crippen LogP contribution in [-0.4, -0.2) is 48.3 Å². The van der Waals surface area contributed by atoms with Crippen LogP contribution >= 0.6 is 0 Å². The summed E-state index contributed by atoms with van der Waals surface area (Å²) >= 11 is 0. The van der Waals surface area contributed by atoms with Gasteiger partial charge in [0, 0.05) is 6.42 Å². The SMILES string of the molecule is C=C(COCCC(O)(C(F)(F)F)C(F)(F)F)C(=O)OC1CCCCC1. The summed E-state index contributed by atoms with van der Waals surface area (Å²) in [7, 11) is 0. The maximum absolute atomic E-state index is 12.5. The number of ether oxygens (including phenoxy) is 2. The molecule has 1 aliphatic rings. The molecule has 0 radical (unpaired) electrons. The number of esters is 1. The van der Waals surface area contributed by atoms with Gasteiger partial charge in [-0.3, -0.25) is 0 Å². The second-order valence-electron chi connectivity index (χ2n) is 5.93. The highest BCUT2D eigenvalue weighted by atomic mass is 19.4. The second-order valence-corrected chi connectivity index (χ2v) is 5.93. The zero-order chi connectivity index (χ0) is 19.3. The van der Waals surface area contributed by atoms with E-state index in [9.17, 15) is 31.1 Å². The topological polar surface area (TPSA) is 55.8 Å². The molecule has 0 aromatic heterocycles. The van der Waals surface area contributed by atoms with E-state index in [0.717, 1.165) is 19.3 Å². The summed E-state index contributed by atoms with van der Waals surface area (Å²) in [5.41, 5.74) is -5.09. The van der Waals surface area contributed by atoms with Gasteiger partial charge in [-0.1, -0.05) is 13.0 Å². The highest BCUT2D eigenvalue weighted by molar-refractivity contribution is 5.88. The second kappa shape index (κ2) is 8.39. The first kappa shape index (κ1) is 21.8. The Hall–Kier alpha value is -1.29. The fraction of sp³-hybridized carbons (Fsp3) is 0.800. The lowest BCUT2D eigenvalue weighted by atomic mass is 9.98. The molecular formula is C15H20F6O4. The van der Waals surface area contributed by atoms with Crippen LogP contribution in [0.25, 0.3) is 0 Å². The van der Waals surface area contributed by atoms with Gasteiger partial charge in [0.25, 0.3) is 5.60 Å². The van der Waals surface area contributed by atoms with Crippen LogP contribution in [0.5, 0.6) is 0 Å². The van der Waals surface area contributed by atoms with Gasteiger partial charge in [-0.15, -0.1) is 0 Å². The summed E-state index contributed by atoms with van der Waals surface area (Å²) in [5, 5.41) is 8.93. The van der Waals surface area contributed by atoms with Crippen molar-refractivity contribution in [1.29, 1.82) is 0 Å². The van der Waals surface area contributed by atoms with E-state index in [1.54, 1.807) is 0 Å². The standard InChI is InChI=1S/C15H20F6O4/c1-10(12(22)25-11-5-3-2-4-6-11)9-24-8-7-13(23,14(16,17)18)15(19,20)21/h11,23H,1-9H2. The van der Waals surface area contributed by atoms with E-state index < -0.39 is 43.6 Å². The molecule has 0 saturated heterocycles. The Labute approximate surface area is 140 Å². The van der Waals surface area contributed by atoms with Crippen molar-refractivity contribution < 1.29 is 45.7 Å². The molecule has 1 aliphatic carbocycles. The van der Waals surface area contributed by atoms with Crippen molar-refractivity contribution in [3.05, 3.63) is 12.2 Å². The van der Waals surface area contributed by atoms with Gasteiger partial charge in [0.2, 0.25) is 0 Å². The van der Waals surface area contributed by atoms with Crippen molar-refractivity contribution in [2.75, 3.05) is 13.2 Å². The summed E-state index contributed by atoms with van der Waals surface area (Å²) in [6.45, 7) is 1.69. The van der Waals surface area contributed by atoms with Crippen LogP contribution in [0.15, 0.2) is 12.2 Å². The van der Waals surface area contributed by atoms with E-state index in [-0.39, 0.29) is 11.7 Å². The highest BCUT2D eigenvalue weighted by Gasteiger charge is 2.69. The Kier molecular flexibility index (Phi) is 7.30. The van der Waals surface area contributed by atoms with Crippen LogP contribution in [-0.2, 0) is 14.3 Å². The molecule has 0 spiro atoms. The number of carbonyl (C=O) groups is 1. The third-order valence-electron chi connectivity index (χ3n) is 3.94. The molecular weight excluding hydrogens is 358 g/mol. The molecule has 0 amide bonds. The van der Waals surface area contributed by atoms with E-state index in [4.69, 9.17) is 9.84 Å². The van der Waals surface area contributed by atoms with Gasteiger partial charge in [-0.2, -0.15) is 26.3 Å². The van der Waals surface area contributed by atoms with Gasteiger partial charge in [0.1, 0.15) is 6.10 Å². The minimum Gasteiger partial charge on any atom is -0.459 e. The fourth-order valence-electron chi connectivity index (χ4n) is 2.34. The molecule has 0 bridgehead atoms. The summed E-state index contributed by atoms with van der Waals surface area (Å²) in [4.78, 5) is 11.7. The Morgan fingerprint density at radius 2 is 1.56 bits per heavy atom. The average Bonchev–Trinajstić information content (AvgIpc) is 2.49. The van der Waals surface area contributed by atoms with Gasteiger partial charge in [-0.05, 0) is 25.7 Å². The highest BCUT2D eigenvalue weighted by Crippen LogP contribution is 2.45. The number of rotatable bonds is 7. The summed E-state index contributed by atoms with van der Waals surface area (Å²) < 4.78 is 84.5. The molecule has 1 N–H and O–H groups in total. The summed E-state index contributed by atoms with van der Waals surface area (Å²) in [6.07, 6.45) is -9.54. The van der Waals surface area contributed by atoms with Crippen molar-refractivity contribution in [3.63, 3.8) is 0 Å². The first-order valence-corrected chi connectivity index (χ1v) is 7.71. The number of alkyl halides is 6. The lowest BCUT2D eigenvalue weighted by molar-refractivity contribution is -0.371. The smallest absolute Gasteiger partial charge is 0.426 e. The van der Waals surface area contributed by atoms with Crippen LogP contribution in [0.1, 0.15) is 38.5 Å². The summed E-state index contributed by atoms with van der Waals surface area (Å²) in [6, 6.07) is 0. The lowest BCUT2D eigenvalue weighted by Crippen LogP contribution is -2.57. The molecule has 4 nitrogen and oxygen atoms in total. The van der Waals surface area contributed by atoms with Crippen molar-refractivity contribution in [1.82, 2.24) is 0 Å². The maximum Gasteiger partial charge on any atom is 0.426 e. The largest absolute Gasteiger partial charge is 0.459 e. The van der Waals surface area contributed by atoms with E-state index in [0.29, 0.717) is 12.8 Å². The van der Waals surface area contributed by atoms with E-state index >= 15 is 0 Å². The Morgan fingerprint density at radius 1 is 1.04 bits per heavy atom. The third kappa shape index (κ3) is 5.88. The van der Waals surface area contributed by atoms with Crippen molar-refractivity contribution in [2.24, 2.45) is 0 Å². The first-order valence-electron chi connectivity index (χ1n) is 7.71. The molecule has 0 aromatic carbocycles. The van der Waals surface area contributed by atoms with Crippen molar-refractivity contribution in [3.8, 4) is 0 Å². The quantitative estimate of drug-likeness (QED) is 0.318. The van der Waals surface area contributed by atoms with E-state index in [1.807, 2.05) is 0 Å². The molecule has 146 valence electrons. The summed E-state index contributed by atoms with van der Waals surface area (Å²) in [5.74, 6) is -0.797. The third-order valence-corrected chi connectivity index (χ3v) is 3.94. The number of carbonyl (C=O) groups excluding carboxylic acids is 1. The zero-order valence-corrected chi connectivity index (χ0v) is 13.4. The molecule has 0 aliphatic heterocycles. The van der Waals surface area contributed by atoms with Gasteiger partial charge in [0.15, 0.2) is 0 Å². The van der Waals surface area contributed by atoms with E-state index in [2.05, 4.69) is 11.3 Å². The fourth-order valence-corrected chi connectivity index (χ4v) is 2.34. The number of halogens is 6. The molecule has 1 fully saturated rings. The molecule has 1 rings (SSSR count). The molecule has 1 saturated carbocycles. The van der Waals surface area contributed by atoms with Gasteiger partial charge < -0.3 is 14.6 Å². The Morgan fingerprint density at radius 3 is 2.04 bits per heavy atom. The molecule has 10 heteroatoms. The average molecular weight is 378 g/mol. The van der Waals surface area contributed by atoms with Gasteiger partial charge in [-0.25, -0.2) is 4.79 Å². The number of hydrogen-bond acceptors (Lipinski definition) is 4. The Balaban J connectivity index is 2.42. The number of hydrogen-bond donors (Lipinski definition) is 1. The first-order chi connectivity index (χ1) is 11.4. The van der Waals surface area contributed by atoms with E-state index in [1.165, 1.54) is 0 Å². The minimum atomic E-state index is -5.90. The predicted molar refractivity (Wildman–Crippen MR) is 74.6 cm³/mol. The normalized spacial score (nSPS) is 17.4.